The second-order valence-electron chi connectivity index (χ2n) is 8.69. The molecule has 224 valence electrons. The first-order valence-electron chi connectivity index (χ1n) is 12.5. The lowest BCUT2D eigenvalue weighted by Crippen LogP contribution is -2.40. The topological polar surface area (TPSA) is 159 Å². The Morgan fingerprint density at radius 3 is 2.24 bits per heavy atom. The number of carbonyl (C=O) groups excluding carboxylic acids is 3. The van der Waals surface area contributed by atoms with Crippen LogP contribution in [0.5, 0.6) is 17.2 Å². The number of morpholine rings is 1. The second-order valence-corrected chi connectivity index (χ2v) is 11.6. The van der Waals surface area contributed by atoms with Gasteiger partial charge >= 0.3 is 5.97 Å². The van der Waals surface area contributed by atoms with Gasteiger partial charge in [-0.25, -0.2) is 13.2 Å². The van der Waals surface area contributed by atoms with Gasteiger partial charge in [-0.3, -0.25) is 9.59 Å². The first-order valence-corrected chi connectivity index (χ1v) is 14.8. The summed E-state index contributed by atoms with van der Waals surface area (Å²) in [6, 6.07) is 10.1. The molecule has 2 heterocycles. The number of benzene rings is 2. The van der Waals surface area contributed by atoms with Crippen molar-refractivity contribution in [3.8, 4) is 17.2 Å². The summed E-state index contributed by atoms with van der Waals surface area (Å²) >= 11 is 1.22. The third kappa shape index (κ3) is 6.99. The van der Waals surface area contributed by atoms with Crippen LogP contribution < -0.4 is 24.8 Å². The molecule has 0 spiro atoms. The predicted octanol–water partition coefficient (Wildman–Crippen LogP) is 2.84. The first-order chi connectivity index (χ1) is 20.2. The maximum Gasteiger partial charge on any atom is 0.340 e. The summed E-state index contributed by atoms with van der Waals surface area (Å²) in [5.41, 5.74) is 0.199. The van der Waals surface area contributed by atoms with E-state index in [4.69, 9.17) is 23.7 Å². The normalized spacial score (nSPS) is 13.6. The fourth-order valence-corrected chi connectivity index (χ4v) is 6.05. The summed E-state index contributed by atoms with van der Waals surface area (Å²) in [5.74, 6) is -1.50. The first kappa shape index (κ1) is 30.8. The van der Waals surface area contributed by atoms with E-state index in [1.54, 1.807) is 17.5 Å². The molecule has 1 aliphatic heterocycles. The largest absolute Gasteiger partial charge is 0.495 e. The van der Waals surface area contributed by atoms with E-state index < -0.39 is 34.4 Å². The fourth-order valence-electron chi connectivity index (χ4n) is 4.01. The number of rotatable bonds is 11. The molecule has 4 rings (SSSR count). The Morgan fingerprint density at radius 2 is 1.60 bits per heavy atom. The number of ether oxygens (including phenoxy) is 5. The summed E-state index contributed by atoms with van der Waals surface area (Å²) in [6.07, 6.45) is 0. The number of methoxy groups -OCH3 is 3. The molecule has 0 radical (unpaired) electrons. The summed E-state index contributed by atoms with van der Waals surface area (Å²) in [6.45, 7) is 0.370. The molecule has 0 unspecified atom stereocenters. The molecule has 2 aromatic carbocycles. The van der Waals surface area contributed by atoms with Crippen molar-refractivity contribution in [2.45, 2.75) is 4.90 Å². The number of carbonyl (C=O) groups is 3. The molecule has 1 saturated heterocycles. The summed E-state index contributed by atoms with van der Waals surface area (Å²) < 4.78 is 53.6. The number of esters is 1. The van der Waals surface area contributed by atoms with E-state index in [0.29, 0.717) is 18.1 Å². The number of hydrogen-bond acceptors (Lipinski definition) is 11. The molecule has 15 heteroatoms. The van der Waals surface area contributed by atoms with Crippen molar-refractivity contribution < 1.29 is 46.5 Å². The number of nitrogens with zero attached hydrogens (tertiary/aromatic N) is 1. The molecule has 42 heavy (non-hydrogen) atoms. The van der Waals surface area contributed by atoms with E-state index in [0.717, 1.165) is 0 Å². The van der Waals surface area contributed by atoms with Gasteiger partial charge in [0.15, 0.2) is 18.1 Å². The van der Waals surface area contributed by atoms with Gasteiger partial charge in [-0.1, -0.05) is 6.07 Å². The number of sulfonamides is 1. The number of amides is 2. The molecular weight excluding hydrogens is 590 g/mol. The Bertz CT molecular complexity index is 1550. The SMILES string of the molecule is COc1cc(S(=O)(=O)N2CCOCC2)ccc1NC(=O)COC(=O)c1cc(OC)c(OC)cc1NC(=O)c1cccs1. The molecule has 0 bridgehead atoms. The van der Waals surface area contributed by atoms with Gasteiger partial charge in [-0.05, 0) is 23.6 Å². The zero-order valence-electron chi connectivity index (χ0n) is 23.0. The number of anilines is 2. The zero-order chi connectivity index (χ0) is 30.3. The van der Waals surface area contributed by atoms with Gasteiger partial charge in [0, 0.05) is 31.3 Å². The molecule has 3 aromatic rings. The molecule has 2 N–H and O–H groups in total. The van der Waals surface area contributed by atoms with Crippen molar-refractivity contribution in [2.75, 3.05) is 64.9 Å². The van der Waals surface area contributed by atoms with Crippen LogP contribution in [0.4, 0.5) is 11.4 Å². The van der Waals surface area contributed by atoms with E-state index in [9.17, 15) is 22.8 Å². The van der Waals surface area contributed by atoms with Crippen LogP contribution >= 0.6 is 11.3 Å². The van der Waals surface area contributed by atoms with Crippen molar-refractivity contribution in [1.29, 1.82) is 0 Å². The third-order valence-corrected chi connectivity index (χ3v) is 8.89. The Kier molecular flexibility index (Phi) is 10.0. The third-order valence-electron chi connectivity index (χ3n) is 6.13. The quantitative estimate of drug-likeness (QED) is 0.306. The molecule has 1 aromatic heterocycles. The van der Waals surface area contributed by atoms with Crippen LogP contribution in [0.2, 0.25) is 0 Å². The fraction of sp³-hybridized carbons (Fsp3) is 0.296. The minimum Gasteiger partial charge on any atom is -0.495 e. The lowest BCUT2D eigenvalue weighted by Gasteiger charge is -2.26. The van der Waals surface area contributed by atoms with E-state index in [1.807, 2.05) is 0 Å². The average molecular weight is 620 g/mol. The van der Waals surface area contributed by atoms with Crippen LogP contribution in [0.3, 0.4) is 0 Å². The minimum absolute atomic E-state index is 0.00347. The molecule has 13 nitrogen and oxygen atoms in total. The van der Waals surface area contributed by atoms with Crippen molar-refractivity contribution in [3.05, 3.63) is 58.3 Å². The lowest BCUT2D eigenvalue weighted by molar-refractivity contribution is -0.119. The van der Waals surface area contributed by atoms with Gasteiger partial charge in [0.25, 0.3) is 11.8 Å². The van der Waals surface area contributed by atoms with Gasteiger partial charge in [-0.2, -0.15) is 4.31 Å². The summed E-state index contributed by atoms with van der Waals surface area (Å²) in [5, 5.41) is 6.95. The van der Waals surface area contributed by atoms with Crippen LogP contribution in [0.25, 0.3) is 0 Å². The van der Waals surface area contributed by atoms with Gasteiger partial charge in [-0.15, -0.1) is 11.3 Å². The lowest BCUT2D eigenvalue weighted by atomic mass is 10.1. The summed E-state index contributed by atoms with van der Waals surface area (Å²) in [4.78, 5) is 38.8. The molecule has 0 atom stereocenters. The number of nitrogens with one attached hydrogen (secondary N) is 2. The zero-order valence-corrected chi connectivity index (χ0v) is 24.6. The molecule has 1 aliphatic rings. The van der Waals surface area contributed by atoms with Crippen LogP contribution in [-0.4, -0.2) is 84.7 Å². The molecule has 1 fully saturated rings. The highest BCUT2D eigenvalue weighted by Gasteiger charge is 2.27. The Labute approximate surface area is 246 Å². The smallest absolute Gasteiger partial charge is 0.340 e. The maximum absolute atomic E-state index is 13.0. The standard InChI is InChI=1S/C27H29N3O10S2/c1-36-21-13-17(42(34,35)30-8-10-39-11-9-30)6-7-19(21)28-25(31)16-40-27(33)18-14-22(37-2)23(38-3)15-20(18)29-26(32)24-5-4-12-41-24/h4-7,12-15H,8-11,16H2,1-3H3,(H,28,31)(H,29,32). The van der Waals surface area contributed by atoms with Crippen molar-refractivity contribution in [2.24, 2.45) is 0 Å². The van der Waals surface area contributed by atoms with Gasteiger partial charge in [0.1, 0.15) is 5.75 Å². The van der Waals surface area contributed by atoms with Crippen molar-refractivity contribution in [1.82, 2.24) is 4.31 Å². The van der Waals surface area contributed by atoms with Crippen molar-refractivity contribution in [3.63, 3.8) is 0 Å². The highest BCUT2D eigenvalue weighted by atomic mass is 32.2. The van der Waals surface area contributed by atoms with E-state index in [-0.39, 0.29) is 52.2 Å². The number of thiophene rings is 1. The van der Waals surface area contributed by atoms with E-state index >= 15 is 0 Å². The predicted molar refractivity (Wildman–Crippen MR) is 153 cm³/mol. The monoisotopic (exact) mass is 619 g/mol. The molecule has 0 aliphatic carbocycles. The highest BCUT2D eigenvalue weighted by molar-refractivity contribution is 7.89. The molecular formula is C27H29N3O10S2. The maximum atomic E-state index is 13.0. The van der Waals surface area contributed by atoms with E-state index in [2.05, 4.69) is 10.6 Å². The van der Waals surface area contributed by atoms with Crippen LogP contribution in [0.1, 0.15) is 20.0 Å². The van der Waals surface area contributed by atoms with Crippen LogP contribution in [-0.2, 0) is 24.3 Å². The van der Waals surface area contributed by atoms with Gasteiger partial charge in [0.05, 0.1) is 61.3 Å². The Balaban J connectivity index is 1.47. The molecule has 0 saturated carbocycles. The minimum atomic E-state index is -3.79. The molecule has 2 amide bonds. The second kappa shape index (κ2) is 13.7. The summed E-state index contributed by atoms with van der Waals surface area (Å²) in [7, 11) is 0.336. The van der Waals surface area contributed by atoms with Crippen LogP contribution in [0.15, 0.2) is 52.7 Å². The highest BCUT2D eigenvalue weighted by Crippen LogP contribution is 2.34. The van der Waals surface area contributed by atoms with Crippen LogP contribution in [0, 0.1) is 0 Å². The van der Waals surface area contributed by atoms with E-state index in [1.165, 1.54) is 67.3 Å². The van der Waals surface area contributed by atoms with Crippen molar-refractivity contribution >= 4 is 50.5 Å². The number of hydrogen-bond donors (Lipinski definition) is 2. The van der Waals surface area contributed by atoms with Gasteiger partial charge < -0.3 is 34.3 Å². The Morgan fingerprint density at radius 1 is 0.905 bits per heavy atom. The Hall–Kier alpha value is -4.18. The van der Waals surface area contributed by atoms with Gasteiger partial charge in [0.2, 0.25) is 10.0 Å². The average Bonchev–Trinajstić information content (AvgIpc) is 3.55.